The van der Waals surface area contributed by atoms with E-state index >= 15 is 0 Å². The summed E-state index contributed by atoms with van der Waals surface area (Å²) in [5, 5.41) is 0. The number of nitrogens with zero attached hydrogens (tertiary/aromatic N) is 3. The minimum Gasteiger partial charge on any atom is -0.368 e. The van der Waals surface area contributed by atoms with E-state index in [0.29, 0.717) is 5.91 Å². The van der Waals surface area contributed by atoms with E-state index in [9.17, 15) is 4.79 Å². The molecular weight excluding hydrogens is 346 g/mol. The lowest BCUT2D eigenvalue weighted by Crippen LogP contribution is -2.52. The number of anilines is 1. The molecule has 0 radical (unpaired) electrons. The molecule has 2 fully saturated rings. The number of hydrogen-bond donors (Lipinski definition) is 0. The maximum Gasteiger partial charge on any atom is 0.227 e. The van der Waals surface area contributed by atoms with Gasteiger partial charge in [0.05, 0.1) is 5.92 Å². The Labute approximate surface area is 168 Å². The molecule has 4 nitrogen and oxygen atoms in total. The van der Waals surface area contributed by atoms with Crippen LogP contribution in [0.3, 0.4) is 0 Å². The van der Waals surface area contributed by atoms with E-state index in [1.54, 1.807) is 0 Å². The fraction of sp³-hybridized carbons (Fsp3) is 0.458. The van der Waals surface area contributed by atoms with Crippen LogP contribution in [0.4, 0.5) is 5.69 Å². The zero-order chi connectivity index (χ0) is 19.3. The van der Waals surface area contributed by atoms with Crippen molar-refractivity contribution in [3.8, 4) is 0 Å². The van der Waals surface area contributed by atoms with Gasteiger partial charge < -0.3 is 9.80 Å². The first-order chi connectivity index (χ1) is 13.7. The van der Waals surface area contributed by atoms with E-state index in [2.05, 4.69) is 76.2 Å². The molecule has 0 N–H and O–H groups in total. The Morgan fingerprint density at radius 2 is 1.75 bits per heavy atom. The summed E-state index contributed by atoms with van der Waals surface area (Å²) in [4.78, 5) is 20.1. The van der Waals surface area contributed by atoms with Crippen LogP contribution in [0.15, 0.2) is 54.6 Å². The van der Waals surface area contributed by atoms with Crippen molar-refractivity contribution in [2.75, 3.05) is 44.2 Å². The van der Waals surface area contributed by atoms with Crippen LogP contribution in [0, 0.1) is 12.8 Å². The third kappa shape index (κ3) is 4.56. The van der Waals surface area contributed by atoms with E-state index < -0.39 is 0 Å². The summed E-state index contributed by atoms with van der Waals surface area (Å²) in [5.74, 6) is 0.517. The Balaban J connectivity index is 1.31. The first kappa shape index (κ1) is 19.0. The van der Waals surface area contributed by atoms with Crippen molar-refractivity contribution in [1.82, 2.24) is 9.80 Å². The van der Waals surface area contributed by atoms with E-state index in [-0.39, 0.29) is 5.92 Å². The molecule has 2 heterocycles. The summed E-state index contributed by atoms with van der Waals surface area (Å²) in [6.07, 6.45) is 2.15. The molecule has 28 heavy (non-hydrogen) atoms. The zero-order valence-electron chi connectivity index (χ0n) is 16.9. The molecule has 2 saturated heterocycles. The monoisotopic (exact) mass is 377 g/mol. The van der Waals surface area contributed by atoms with Crippen LogP contribution in [-0.2, 0) is 11.3 Å². The topological polar surface area (TPSA) is 26.8 Å². The lowest BCUT2D eigenvalue weighted by Gasteiger charge is -2.39. The summed E-state index contributed by atoms with van der Waals surface area (Å²) < 4.78 is 0. The minimum atomic E-state index is 0.154. The Morgan fingerprint density at radius 1 is 0.964 bits per heavy atom. The molecule has 4 rings (SSSR count). The van der Waals surface area contributed by atoms with Crippen molar-refractivity contribution >= 4 is 11.6 Å². The molecule has 2 aromatic rings. The predicted molar refractivity (Wildman–Crippen MR) is 114 cm³/mol. The van der Waals surface area contributed by atoms with E-state index in [1.165, 1.54) is 16.8 Å². The van der Waals surface area contributed by atoms with Crippen molar-refractivity contribution in [2.24, 2.45) is 5.92 Å². The molecule has 4 heteroatoms. The number of piperidine rings is 1. The van der Waals surface area contributed by atoms with Gasteiger partial charge in [-0.2, -0.15) is 0 Å². The molecule has 2 aromatic carbocycles. The highest BCUT2D eigenvalue weighted by Gasteiger charge is 2.31. The summed E-state index contributed by atoms with van der Waals surface area (Å²) in [6.45, 7) is 8.61. The van der Waals surface area contributed by atoms with Crippen LogP contribution in [0.5, 0.6) is 0 Å². The van der Waals surface area contributed by atoms with Crippen molar-refractivity contribution in [1.29, 1.82) is 0 Å². The predicted octanol–water partition coefficient (Wildman–Crippen LogP) is 3.56. The third-order valence-corrected chi connectivity index (χ3v) is 6.06. The minimum absolute atomic E-state index is 0.154. The number of benzene rings is 2. The summed E-state index contributed by atoms with van der Waals surface area (Å²) in [7, 11) is 0. The summed E-state index contributed by atoms with van der Waals surface area (Å²) in [5.41, 5.74) is 3.92. The summed E-state index contributed by atoms with van der Waals surface area (Å²) >= 11 is 0. The maximum atomic E-state index is 13.1. The lowest BCUT2D eigenvalue weighted by molar-refractivity contribution is -0.137. The second-order valence-corrected chi connectivity index (χ2v) is 8.21. The maximum absolute atomic E-state index is 13.1. The molecule has 1 atom stereocenters. The average molecular weight is 378 g/mol. The Hall–Kier alpha value is -2.33. The van der Waals surface area contributed by atoms with Gasteiger partial charge in [0.15, 0.2) is 0 Å². The fourth-order valence-electron chi connectivity index (χ4n) is 4.55. The lowest BCUT2D eigenvalue weighted by atomic mass is 9.95. The van der Waals surface area contributed by atoms with Gasteiger partial charge in [-0.3, -0.25) is 9.69 Å². The molecular formula is C24H31N3O. The van der Waals surface area contributed by atoms with Gasteiger partial charge in [0.1, 0.15) is 0 Å². The Kier molecular flexibility index (Phi) is 5.96. The third-order valence-electron chi connectivity index (χ3n) is 6.06. The van der Waals surface area contributed by atoms with Gasteiger partial charge in [0.2, 0.25) is 5.91 Å². The first-order valence-electron chi connectivity index (χ1n) is 10.6. The Bertz CT molecular complexity index is 783. The molecule has 2 aliphatic rings. The van der Waals surface area contributed by atoms with Crippen LogP contribution in [0.2, 0.25) is 0 Å². The highest BCUT2D eigenvalue weighted by Crippen LogP contribution is 2.23. The number of hydrogen-bond acceptors (Lipinski definition) is 3. The van der Waals surface area contributed by atoms with Gasteiger partial charge in [0, 0.05) is 45.0 Å². The molecule has 2 aliphatic heterocycles. The van der Waals surface area contributed by atoms with Gasteiger partial charge in [-0.15, -0.1) is 0 Å². The molecule has 0 saturated carbocycles. The number of aryl methyl sites for hydroxylation is 1. The van der Waals surface area contributed by atoms with Crippen molar-refractivity contribution < 1.29 is 4.79 Å². The molecule has 0 aliphatic carbocycles. The van der Waals surface area contributed by atoms with Crippen LogP contribution >= 0.6 is 0 Å². The van der Waals surface area contributed by atoms with E-state index in [4.69, 9.17) is 0 Å². The van der Waals surface area contributed by atoms with Gasteiger partial charge in [-0.05, 0) is 44.0 Å². The van der Waals surface area contributed by atoms with E-state index in [1.807, 2.05) is 0 Å². The number of amides is 1. The molecule has 1 unspecified atom stereocenters. The normalized spacial score (nSPS) is 21.0. The van der Waals surface area contributed by atoms with Crippen LogP contribution in [0.25, 0.3) is 0 Å². The molecule has 0 aromatic heterocycles. The number of carbonyl (C=O) groups is 1. The van der Waals surface area contributed by atoms with Crippen molar-refractivity contribution in [2.45, 2.75) is 26.3 Å². The standard InChI is InChI=1S/C24H31N3O/c1-20-7-5-8-21(17-20)18-25-12-6-9-22(19-25)24(28)27-15-13-26(14-16-27)23-10-3-2-4-11-23/h2-5,7-8,10-11,17,22H,6,9,12-16,18-19H2,1H3. The molecule has 148 valence electrons. The second-order valence-electron chi connectivity index (χ2n) is 8.21. The number of para-hydroxylation sites is 1. The molecule has 0 spiro atoms. The largest absolute Gasteiger partial charge is 0.368 e. The fourth-order valence-corrected chi connectivity index (χ4v) is 4.55. The highest BCUT2D eigenvalue weighted by molar-refractivity contribution is 5.79. The number of likely N-dealkylation sites (tertiary alicyclic amines) is 1. The van der Waals surface area contributed by atoms with Gasteiger partial charge >= 0.3 is 0 Å². The number of carbonyl (C=O) groups excluding carboxylic acids is 1. The smallest absolute Gasteiger partial charge is 0.227 e. The summed E-state index contributed by atoms with van der Waals surface area (Å²) in [6, 6.07) is 19.2. The van der Waals surface area contributed by atoms with Crippen LogP contribution in [-0.4, -0.2) is 55.0 Å². The highest BCUT2D eigenvalue weighted by atomic mass is 16.2. The van der Waals surface area contributed by atoms with Crippen LogP contribution in [0.1, 0.15) is 24.0 Å². The quantitative estimate of drug-likeness (QED) is 0.815. The van der Waals surface area contributed by atoms with E-state index in [0.717, 1.165) is 58.7 Å². The van der Waals surface area contributed by atoms with Gasteiger partial charge in [-0.25, -0.2) is 0 Å². The number of rotatable bonds is 4. The zero-order valence-corrected chi connectivity index (χ0v) is 16.9. The second kappa shape index (κ2) is 8.78. The average Bonchev–Trinajstić information content (AvgIpc) is 2.74. The molecule has 0 bridgehead atoms. The van der Waals surface area contributed by atoms with Gasteiger partial charge in [-0.1, -0.05) is 48.0 Å². The van der Waals surface area contributed by atoms with Gasteiger partial charge in [0.25, 0.3) is 0 Å². The van der Waals surface area contributed by atoms with Crippen LogP contribution < -0.4 is 4.90 Å². The Morgan fingerprint density at radius 3 is 2.50 bits per heavy atom. The number of piperazine rings is 1. The first-order valence-corrected chi connectivity index (χ1v) is 10.6. The van der Waals surface area contributed by atoms with Crippen molar-refractivity contribution in [3.63, 3.8) is 0 Å². The molecule has 1 amide bonds. The SMILES string of the molecule is Cc1cccc(CN2CCCC(C(=O)N3CCN(c4ccccc4)CC3)C2)c1. The van der Waals surface area contributed by atoms with Crippen molar-refractivity contribution in [3.05, 3.63) is 65.7 Å².